The van der Waals surface area contributed by atoms with Gasteiger partial charge in [-0.1, -0.05) is 12.8 Å². The predicted octanol–water partition coefficient (Wildman–Crippen LogP) is 3.15. The van der Waals surface area contributed by atoms with Crippen LogP contribution < -0.4 is 5.32 Å². The summed E-state index contributed by atoms with van der Waals surface area (Å²) in [4.78, 5) is 0. The minimum Gasteiger partial charge on any atom is -0.396 e. The van der Waals surface area contributed by atoms with Gasteiger partial charge in [-0.3, -0.25) is 0 Å². The second kappa shape index (κ2) is 5.63. The van der Waals surface area contributed by atoms with Gasteiger partial charge in [-0.2, -0.15) is 0 Å². The average Bonchev–Trinajstić information content (AvgIpc) is 2.89. The van der Waals surface area contributed by atoms with Crippen molar-refractivity contribution in [2.24, 2.45) is 5.41 Å². The van der Waals surface area contributed by atoms with Crippen LogP contribution in [0.4, 0.5) is 0 Å². The SMILES string of the molecule is OCC1(CNCc2csc(Br)c2)CCCC1. The molecule has 1 saturated carbocycles. The summed E-state index contributed by atoms with van der Waals surface area (Å²) in [6.07, 6.45) is 4.88. The van der Waals surface area contributed by atoms with Crippen LogP contribution in [0, 0.1) is 5.41 Å². The highest BCUT2D eigenvalue weighted by Crippen LogP contribution is 2.36. The highest BCUT2D eigenvalue weighted by Gasteiger charge is 2.32. The lowest BCUT2D eigenvalue weighted by molar-refractivity contribution is 0.128. The fourth-order valence-corrected chi connectivity index (χ4v) is 3.64. The summed E-state index contributed by atoms with van der Waals surface area (Å²) in [5.41, 5.74) is 1.48. The maximum Gasteiger partial charge on any atom is 0.0701 e. The molecule has 0 saturated heterocycles. The van der Waals surface area contributed by atoms with Gasteiger partial charge >= 0.3 is 0 Å². The summed E-state index contributed by atoms with van der Waals surface area (Å²) >= 11 is 5.18. The first-order chi connectivity index (χ1) is 7.74. The third-order valence-corrected chi connectivity index (χ3v) is 5.00. The van der Waals surface area contributed by atoms with Gasteiger partial charge in [0.2, 0.25) is 0 Å². The van der Waals surface area contributed by atoms with Crippen LogP contribution in [-0.4, -0.2) is 18.3 Å². The standard InChI is InChI=1S/C12H18BrNOS/c13-11-5-10(7-16-11)6-14-8-12(9-15)3-1-2-4-12/h5,7,14-15H,1-4,6,8-9H2. The number of nitrogens with one attached hydrogen (secondary N) is 1. The molecule has 1 fully saturated rings. The number of halogens is 1. The van der Waals surface area contributed by atoms with Crippen molar-refractivity contribution in [2.75, 3.05) is 13.2 Å². The molecule has 2 nitrogen and oxygen atoms in total. The minimum absolute atomic E-state index is 0.160. The van der Waals surface area contributed by atoms with Gasteiger partial charge in [0.15, 0.2) is 0 Å². The van der Waals surface area contributed by atoms with Crippen molar-refractivity contribution in [3.8, 4) is 0 Å². The topological polar surface area (TPSA) is 32.3 Å². The monoisotopic (exact) mass is 303 g/mol. The van der Waals surface area contributed by atoms with Crippen LogP contribution in [0.5, 0.6) is 0 Å². The smallest absolute Gasteiger partial charge is 0.0701 e. The Morgan fingerprint density at radius 1 is 1.44 bits per heavy atom. The van der Waals surface area contributed by atoms with Crippen LogP contribution in [-0.2, 0) is 6.54 Å². The molecule has 0 atom stereocenters. The van der Waals surface area contributed by atoms with Crippen LogP contribution in [0.1, 0.15) is 31.2 Å². The highest BCUT2D eigenvalue weighted by atomic mass is 79.9. The summed E-state index contributed by atoms with van der Waals surface area (Å²) in [6, 6.07) is 2.15. The number of rotatable bonds is 5. The second-order valence-electron chi connectivity index (χ2n) is 4.73. The molecule has 1 aromatic rings. The molecule has 0 spiro atoms. The van der Waals surface area contributed by atoms with E-state index in [1.165, 1.54) is 35.0 Å². The summed E-state index contributed by atoms with van der Waals surface area (Å²) in [7, 11) is 0. The van der Waals surface area contributed by atoms with Crippen LogP contribution in [0.25, 0.3) is 0 Å². The van der Waals surface area contributed by atoms with Gasteiger partial charge in [0, 0.05) is 25.1 Å². The van der Waals surface area contributed by atoms with Gasteiger partial charge in [0.05, 0.1) is 3.79 Å². The predicted molar refractivity (Wildman–Crippen MR) is 71.7 cm³/mol. The third kappa shape index (κ3) is 3.06. The number of hydrogen-bond acceptors (Lipinski definition) is 3. The largest absolute Gasteiger partial charge is 0.396 e. The lowest BCUT2D eigenvalue weighted by atomic mass is 9.87. The molecule has 16 heavy (non-hydrogen) atoms. The van der Waals surface area contributed by atoms with E-state index in [0.29, 0.717) is 6.61 Å². The van der Waals surface area contributed by atoms with Gasteiger partial charge in [-0.05, 0) is 45.8 Å². The van der Waals surface area contributed by atoms with E-state index in [1.807, 2.05) is 0 Å². The first-order valence-electron chi connectivity index (χ1n) is 5.79. The first kappa shape index (κ1) is 12.6. The molecule has 0 aliphatic heterocycles. The van der Waals surface area contributed by atoms with Crippen LogP contribution in [0.3, 0.4) is 0 Å². The van der Waals surface area contributed by atoms with E-state index in [-0.39, 0.29) is 5.41 Å². The van der Waals surface area contributed by atoms with Gasteiger partial charge in [-0.25, -0.2) is 0 Å². The van der Waals surface area contributed by atoms with E-state index in [1.54, 1.807) is 11.3 Å². The highest BCUT2D eigenvalue weighted by molar-refractivity contribution is 9.11. The van der Waals surface area contributed by atoms with Crippen LogP contribution in [0.15, 0.2) is 15.2 Å². The van der Waals surface area contributed by atoms with Gasteiger partial charge < -0.3 is 10.4 Å². The Hall–Kier alpha value is 0.100. The zero-order chi connectivity index (χ0) is 11.4. The Morgan fingerprint density at radius 3 is 2.75 bits per heavy atom. The quantitative estimate of drug-likeness (QED) is 0.876. The molecule has 90 valence electrons. The normalized spacial score (nSPS) is 19.1. The molecule has 1 heterocycles. The van der Waals surface area contributed by atoms with E-state index < -0.39 is 0 Å². The average molecular weight is 304 g/mol. The molecule has 2 N–H and O–H groups in total. The Bertz CT molecular complexity index is 334. The fraction of sp³-hybridized carbons (Fsp3) is 0.667. The van der Waals surface area contributed by atoms with Crippen molar-refractivity contribution >= 4 is 27.3 Å². The summed E-state index contributed by atoms with van der Waals surface area (Å²) < 4.78 is 1.18. The zero-order valence-corrected chi connectivity index (χ0v) is 11.7. The molecule has 1 aromatic heterocycles. The van der Waals surface area contributed by atoms with Crippen molar-refractivity contribution in [2.45, 2.75) is 32.2 Å². The van der Waals surface area contributed by atoms with Gasteiger partial charge in [0.1, 0.15) is 0 Å². The zero-order valence-electron chi connectivity index (χ0n) is 9.34. The lowest BCUT2D eigenvalue weighted by Gasteiger charge is -2.26. The summed E-state index contributed by atoms with van der Waals surface area (Å²) in [5, 5.41) is 15.1. The molecule has 1 aliphatic rings. The molecule has 0 bridgehead atoms. The van der Waals surface area contributed by atoms with Crippen LogP contribution >= 0.6 is 27.3 Å². The second-order valence-corrected chi connectivity index (χ2v) is 7.02. The van der Waals surface area contributed by atoms with E-state index in [4.69, 9.17) is 0 Å². The number of thiophene rings is 1. The number of aliphatic hydroxyl groups is 1. The fourth-order valence-electron chi connectivity index (χ4n) is 2.43. The maximum atomic E-state index is 9.47. The minimum atomic E-state index is 0.160. The molecule has 1 aliphatic carbocycles. The third-order valence-electron chi connectivity index (χ3n) is 3.45. The van der Waals surface area contributed by atoms with Gasteiger partial charge in [-0.15, -0.1) is 11.3 Å². The van der Waals surface area contributed by atoms with Crippen molar-refractivity contribution in [1.82, 2.24) is 5.32 Å². The Balaban J connectivity index is 1.78. The van der Waals surface area contributed by atoms with Crippen LogP contribution in [0.2, 0.25) is 0 Å². The van der Waals surface area contributed by atoms with Crippen molar-refractivity contribution in [1.29, 1.82) is 0 Å². The Kier molecular flexibility index (Phi) is 4.41. The van der Waals surface area contributed by atoms with E-state index >= 15 is 0 Å². The number of aliphatic hydroxyl groups excluding tert-OH is 1. The lowest BCUT2D eigenvalue weighted by Crippen LogP contribution is -2.34. The van der Waals surface area contributed by atoms with Crippen molar-refractivity contribution < 1.29 is 5.11 Å². The van der Waals surface area contributed by atoms with E-state index in [9.17, 15) is 5.11 Å². The molecular formula is C12H18BrNOS. The summed E-state index contributed by atoms with van der Waals surface area (Å²) in [5.74, 6) is 0. The maximum absolute atomic E-state index is 9.47. The Labute approximate surface area is 109 Å². The van der Waals surface area contributed by atoms with E-state index in [2.05, 4.69) is 32.7 Å². The molecule has 0 unspecified atom stereocenters. The summed E-state index contributed by atoms with van der Waals surface area (Å²) in [6.45, 7) is 2.17. The van der Waals surface area contributed by atoms with E-state index in [0.717, 1.165) is 13.1 Å². The molecule has 0 radical (unpaired) electrons. The van der Waals surface area contributed by atoms with Crippen molar-refractivity contribution in [3.63, 3.8) is 0 Å². The Morgan fingerprint density at radius 2 is 2.19 bits per heavy atom. The number of hydrogen-bond donors (Lipinski definition) is 2. The molecule has 4 heteroatoms. The molecular weight excluding hydrogens is 286 g/mol. The molecule has 2 rings (SSSR count). The molecule has 0 aromatic carbocycles. The molecule has 0 amide bonds. The first-order valence-corrected chi connectivity index (χ1v) is 7.46. The van der Waals surface area contributed by atoms with Crippen molar-refractivity contribution in [3.05, 3.63) is 20.8 Å². The van der Waals surface area contributed by atoms with Gasteiger partial charge in [0.25, 0.3) is 0 Å².